The average molecular weight is 533 g/mol. The molecule has 5 rings (SSSR count). The molecule has 1 aliphatic heterocycles. The molecular weight excluding hydrogens is 500 g/mol. The first-order chi connectivity index (χ1) is 18.0. The monoisotopic (exact) mass is 532 g/mol. The summed E-state index contributed by atoms with van der Waals surface area (Å²) in [6, 6.07) is 21.5. The van der Waals surface area contributed by atoms with Gasteiger partial charge in [0.2, 0.25) is 0 Å². The highest BCUT2D eigenvalue weighted by molar-refractivity contribution is 5.92. The smallest absolute Gasteiger partial charge is 0.340 e. The van der Waals surface area contributed by atoms with Gasteiger partial charge in [-0.25, -0.2) is 4.79 Å². The molecule has 0 bridgehead atoms. The molecule has 0 spiro atoms. The Labute approximate surface area is 229 Å². The predicted octanol–water partition coefficient (Wildman–Crippen LogP) is 6.43. The highest BCUT2D eigenvalue weighted by atomic mass is 35.5. The van der Waals surface area contributed by atoms with Crippen molar-refractivity contribution in [3.05, 3.63) is 99.4 Å². The Morgan fingerprint density at radius 2 is 1.63 bits per heavy atom. The normalized spacial score (nSPS) is 13.2. The standard InChI is InChI=1S/C31H32N2O4.ClH/c1-21-26-15-16-28(22(2)30(26)37-31(35)27(21)19-23-9-5-3-6-10-23)36-20-29(34)32-24-11-13-25(14-12-24)33-17-7-4-8-18-33;/h3,5-6,9-16H,4,7-8,17-20H2,1-2H3,(H,32,34);1H. The summed E-state index contributed by atoms with van der Waals surface area (Å²) in [5.41, 5.74) is 5.36. The van der Waals surface area contributed by atoms with E-state index < -0.39 is 0 Å². The van der Waals surface area contributed by atoms with Crippen LogP contribution in [0, 0.1) is 13.8 Å². The third-order valence-electron chi connectivity index (χ3n) is 7.11. The fourth-order valence-corrected chi connectivity index (χ4v) is 4.98. The van der Waals surface area contributed by atoms with Gasteiger partial charge in [-0.15, -0.1) is 12.4 Å². The number of carbonyl (C=O) groups excluding carboxylic acids is 1. The zero-order chi connectivity index (χ0) is 25.8. The molecule has 3 aromatic carbocycles. The fourth-order valence-electron chi connectivity index (χ4n) is 4.98. The quantitative estimate of drug-likeness (QED) is 0.278. The maximum absolute atomic E-state index is 12.8. The van der Waals surface area contributed by atoms with E-state index in [9.17, 15) is 9.59 Å². The predicted molar refractivity (Wildman–Crippen MR) is 155 cm³/mol. The second-order valence-corrected chi connectivity index (χ2v) is 9.65. The summed E-state index contributed by atoms with van der Waals surface area (Å²) < 4.78 is 11.6. The van der Waals surface area contributed by atoms with Gasteiger partial charge in [0.15, 0.2) is 6.61 Å². The number of anilines is 2. The summed E-state index contributed by atoms with van der Waals surface area (Å²) in [5.74, 6) is 0.266. The van der Waals surface area contributed by atoms with Crippen LogP contribution in [0.25, 0.3) is 11.0 Å². The lowest BCUT2D eigenvalue weighted by atomic mass is 9.98. The number of amides is 1. The number of nitrogens with one attached hydrogen (secondary N) is 1. The molecule has 1 fully saturated rings. The van der Waals surface area contributed by atoms with E-state index in [0.717, 1.165) is 35.3 Å². The maximum atomic E-state index is 12.8. The summed E-state index contributed by atoms with van der Waals surface area (Å²) in [4.78, 5) is 27.8. The molecule has 38 heavy (non-hydrogen) atoms. The lowest BCUT2D eigenvalue weighted by Crippen LogP contribution is -2.29. The second-order valence-electron chi connectivity index (χ2n) is 9.65. The number of ether oxygens (including phenoxy) is 1. The van der Waals surface area contributed by atoms with E-state index in [1.807, 2.05) is 80.6 Å². The van der Waals surface area contributed by atoms with Gasteiger partial charge in [0, 0.05) is 47.4 Å². The molecule has 4 aromatic rings. The largest absolute Gasteiger partial charge is 0.483 e. The molecule has 1 aliphatic rings. The van der Waals surface area contributed by atoms with Gasteiger partial charge >= 0.3 is 5.63 Å². The molecule has 0 unspecified atom stereocenters. The first-order valence-electron chi connectivity index (χ1n) is 12.9. The number of piperidine rings is 1. The van der Waals surface area contributed by atoms with Crippen molar-refractivity contribution in [1.29, 1.82) is 0 Å². The van der Waals surface area contributed by atoms with Crippen LogP contribution in [0.2, 0.25) is 0 Å². The van der Waals surface area contributed by atoms with Crippen molar-refractivity contribution in [3.63, 3.8) is 0 Å². The molecule has 0 saturated carbocycles. The minimum atomic E-state index is -0.347. The van der Waals surface area contributed by atoms with Crippen molar-refractivity contribution in [2.24, 2.45) is 0 Å². The molecule has 1 N–H and O–H groups in total. The van der Waals surface area contributed by atoms with E-state index in [1.54, 1.807) is 0 Å². The van der Waals surface area contributed by atoms with Gasteiger partial charge in [-0.1, -0.05) is 30.3 Å². The van der Waals surface area contributed by atoms with E-state index in [-0.39, 0.29) is 30.5 Å². The molecule has 1 saturated heterocycles. The number of carbonyl (C=O) groups is 1. The van der Waals surface area contributed by atoms with E-state index >= 15 is 0 Å². The van der Waals surface area contributed by atoms with E-state index in [1.165, 1.54) is 24.9 Å². The van der Waals surface area contributed by atoms with E-state index in [4.69, 9.17) is 9.15 Å². The molecule has 2 heterocycles. The Bertz CT molecular complexity index is 1460. The highest BCUT2D eigenvalue weighted by Crippen LogP contribution is 2.30. The molecule has 0 radical (unpaired) electrons. The summed E-state index contributed by atoms with van der Waals surface area (Å²) in [5, 5.41) is 3.76. The van der Waals surface area contributed by atoms with Crippen LogP contribution < -0.4 is 20.6 Å². The summed E-state index contributed by atoms with van der Waals surface area (Å²) >= 11 is 0. The van der Waals surface area contributed by atoms with Crippen LogP contribution in [0.5, 0.6) is 5.75 Å². The van der Waals surface area contributed by atoms with Crippen molar-refractivity contribution in [1.82, 2.24) is 0 Å². The molecule has 198 valence electrons. The van der Waals surface area contributed by atoms with Gasteiger partial charge in [0.05, 0.1) is 0 Å². The minimum Gasteiger partial charge on any atom is -0.483 e. The maximum Gasteiger partial charge on any atom is 0.340 e. The number of benzene rings is 3. The van der Waals surface area contributed by atoms with Gasteiger partial charge in [-0.05, 0) is 80.6 Å². The van der Waals surface area contributed by atoms with Crippen LogP contribution in [-0.2, 0) is 11.2 Å². The van der Waals surface area contributed by atoms with Gasteiger partial charge in [-0.3, -0.25) is 4.79 Å². The SMILES string of the molecule is Cc1c(Cc2ccccc2)c(=O)oc2c(C)c(OCC(=O)Nc3ccc(N4CCCCC4)cc3)ccc12.Cl. The van der Waals surface area contributed by atoms with Gasteiger partial charge in [0.25, 0.3) is 5.91 Å². The summed E-state index contributed by atoms with van der Waals surface area (Å²) in [7, 11) is 0. The van der Waals surface area contributed by atoms with Gasteiger partial charge < -0.3 is 19.4 Å². The van der Waals surface area contributed by atoms with Crippen molar-refractivity contribution < 1.29 is 13.9 Å². The third kappa shape index (κ3) is 6.03. The molecule has 0 atom stereocenters. The van der Waals surface area contributed by atoms with Crippen LogP contribution >= 0.6 is 12.4 Å². The Morgan fingerprint density at radius 3 is 2.34 bits per heavy atom. The molecular formula is C31H33ClN2O4. The summed E-state index contributed by atoms with van der Waals surface area (Å²) in [6.07, 6.45) is 4.26. The Kier molecular flexibility index (Phi) is 8.74. The molecule has 6 nitrogen and oxygen atoms in total. The third-order valence-corrected chi connectivity index (χ3v) is 7.11. The molecule has 1 aromatic heterocycles. The number of hydrogen-bond acceptors (Lipinski definition) is 5. The Hall–Kier alpha value is -3.77. The Balaban J connectivity index is 0.00000336. The van der Waals surface area contributed by atoms with Gasteiger partial charge in [0.1, 0.15) is 11.3 Å². The average Bonchev–Trinajstić information content (AvgIpc) is 2.92. The van der Waals surface area contributed by atoms with Crippen molar-refractivity contribution >= 4 is 40.7 Å². The van der Waals surface area contributed by atoms with Crippen LogP contribution in [-0.4, -0.2) is 25.6 Å². The van der Waals surface area contributed by atoms with Crippen molar-refractivity contribution in [2.75, 3.05) is 29.9 Å². The Morgan fingerprint density at radius 1 is 0.921 bits per heavy atom. The summed E-state index contributed by atoms with van der Waals surface area (Å²) in [6.45, 7) is 5.81. The first-order valence-corrected chi connectivity index (χ1v) is 12.9. The van der Waals surface area contributed by atoms with E-state index in [0.29, 0.717) is 28.9 Å². The van der Waals surface area contributed by atoms with Crippen LogP contribution in [0.15, 0.2) is 75.9 Å². The highest BCUT2D eigenvalue weighted by Gasteiger charge is 2.16. The topological polar surface area (TPSA) is 71.8 Å². The van der Waals surface area contributed by atoms with Crippen LogP contribution in [0.3, 0.4) is 0 Å². The zero-order valence-corrected chi connectivity index (χ0v) is 22.6. The molecule has 1 amide bonds. The number of nitrogens with zero attached hydrogens (tertiary/aromatic N) is 1. The molecule has 0 aliphatic carbocycles. The number of halogens is 1. The first kappa shape index (κ1) is 27.3. The van der Waals surface area contributed by atoms with Crippen LogP contribution in [0.4, 0.5) is 11.4 Å². The number of hydrogen-bond donors (Lipinski definition) is 1. The number of rotatable bonds is 7. The minimum absolute atomic E-state index is 0. The number of aryl methyl sites for hydroxylation is 2. The zero-order valence-electron chi connectivity index (χ0n) is 21.8. The van der Waals surface area contributed by atoms with E-state index in [2.05, 4.69) is 10.2 Å². The van der Waals surface area contributed by atoms with Crippen molar-refractivity contribution in [2.45, 2.75) is 39.5 Å². The van der Waals surface area contributed by atoms with Gasteiger partial charge in [-0.2, -0.15) is 0 Å². The second kappa shape index (κ2) is 12.2. The fraction of sp³-hybridized carbons (Fsp3) is 0.290. The van der Waals surface area contributed by atoms with Crippen molar-refractivity contribution in [3.8, 4) is 5.75 Å². The molecule has 7 heteroatoms. The van der Waals surface area contributed by atoms with Crippen LogP contribution in [0.1, 0.15) is 41.5 Å². The lowest BCUT2D eigenvalue weighted by Gasteiger charge is -2.28. The lowest BCUT2D eigenvalue weighted by molar-refractivity contribution is -0.118. The number of fused-ring (bicyclic) bond motifs is 1.